The molecule has 36 nitrogen and oxygen atoms in total. The highest BCUT2D eigenvalue weighted by Gasteiger charge is 2.42. The standard InChI is InChI=1S/C97H119N17O19S/c1-9-10-30-78-95(131)111(5)55-83(119)103-74(50-85(121)122)91(127)109-86(58(2)3)97(133)113(7)79(47-60-24-16-12-17-25-60)92(128)107-75(46-64-37-41-68(116)42-38-64)93(129)110(4)54-82(118)102-73(49-66-52-100-70-29-21-20-28-69(66)70)90(126)106-71(44-63-35-39-67(115)40-36-63)88(124)105-72(43-62-31-33-65(51-98)34-32-62)89(125)108-77(87(123)101-53-81(99)117)56-134-57-84(120)104-76(45-59-22-14-11-15-23-59)94(130)114(8)80(96(132)112(78)6)48-61-26-18-13-19-27-61/h11-29,31-42,52,58,71-80,86,100,115-116H,9-10,30,43-51,53-57,98H2,1-8H3,(H2,99,117)(H,101,123)(H,102,118)(H,103,119)(H,104,120)(H,105,124)(H,106,126)(H,107,128)(H,108,125)(H,109,127)(H,121,122)/t71-,72-,73-,74-,75-,76-,77-,78-,79?,80-,86-/m0/s1. The number of carboxylic acid groups (broad SMARTS) is 1. The molecule has 7 aromatic carbocycles. The number of benzene rings is 7. The van der Waals surface area contributed by atoms with Gasteiger partial charge in [-0.3, -0.25) is 76.7 Å². The molecule has 712 valence electrons. The number of thioether (sulfide) groups is 1. The number of nitrogens with one attached hydrogen (secondary N) is 10. The van der Waals surface area contributed by atoms with E-state index in [0.717, 1.165) is 31.4 Å². The fourth-order valence-electron chi connectivity index (χ4n) is 15.5. The quantitative estimate of drug-likeness (QED) is 0.0411. The number of amides is 15. The Kier molecular flexibility index (Phi) is 38.7. The first-order chi connectivity index (χ1) is 64.0. The van der Waals surface area contributed by atoms with Crippen LogP contribution in [-0.2, 0) is 128 Å². The van der Waals surface area contributed by atoms with Crippen molar-refractivity contribution < 1.29 is 92.0 Å². The monoisotopic (exact) mass is 1860 g/mol. The number of carboxylic acids is 1. The third-order valence-electron chi connectivity index (χ3n) is 23.1. The molecule has 1 aromatic heterocycles. The molecular weight excluding hydrogens is 1740 g/mol. The first-order valence-corrected chi connectivity index (χ1v) is 45.2. The molecule has 0 bridgehead atoms. The van der Waals surface area contributed by atoms with Gasteiger partial charge < -0.3 is 104 Å². The lowest BCUT2D eigenvalue weighted by atomic mass is 9.98. The number of nitrogens with two attached hydrogens (primary N) is 2. The number of likely N-dealkylation sites (N-methyl/N-ethyl adjacent to an activating group) is 5. The summed E-state index contributed by atoms with van der Waals surface area (Å²) < 4.78 is 0. The van der Waals surface area contributed by atoms with Gasteiger partial charge in [-0.15, -0.1) is 11.8 Å². The van der Waals surface area contributed by atoms with E-state index >= 15 is 43.2 Å². The predicted molar refractivity (Wildman–Crippen MR) is 501 cm³/mol. The summed E-state index contributed by atoms with van der Waals surface area (Å²) >= 11 is 0.811. The highest BCUT2D eigenvalue weighted by Crippen LogP contribution is 2.25. The number of phenolic OH excluding ortho intramolecular Hbond substituents is 2. The zero-order valence-corrected chi connectivity index (χ0v) is 76.9. The molecule has 0 saturated carbocycles. The van der Waals surface area contributed by atoms with E-state index in [1.165, 1.54) is 88.7 Å². The van der Waals surface area contributed by atoms with Gasteiger partial charge in [-0.25, -0.2) is 0 Å². The number of aromatic nitrogens is 1. The van der Waals surface area contributed by atoms with E-state index < -0.39 is 205 Å². The highest BCUT2D eigenvalue weighted by molar-refractivity contribution is 8.00. The third kappa shape index (κ3) is 30.5. The molecule has 37 heteroatoms. The molecule has 1 saturated heterocycles. The fraction of sp³-hybridized carbons (Fsp3) is 0.381. The number of fused-ring (bicyclic) bond motifs is 1. The van der Waals surface area contributed by atoms with Crippen molar-refractivity contribution in [3.8, 4) is 11.5 Å². The number of phenols is 2. The van der Waals surface area contributed by atoms with Crippen molar-refractivity contribution >= 4 is 117 Å². The van der Waals surface area contributed by atoms with Crippen LogP contribution < -0.4 is 59.3 Å². The van der Waals surface area contributed by atoms with Crippen molar-refractivity contribution in [3.05, 3.63) is 239 Å². The molecule has 0 aliphatic carbocycles. The van der Waals surface area contributed by atoms with Gasteiger partial charge in [0.15, 0.2) is 0 Å². The van der Waals surface area contributed by atoms with Gasteiger partial charge >= 0.3 is 5.97 Å². The lowest BCUT2D eigenvalue weighted by molar-refractivity contribution is -0.151. The minimum absolute atomic E-state index is 0.0220. The van der Waals surface area contributed by atoms with E-state index in [0.29, 0.717) is 68.3 Å². The Morgan fingerprint density at radius 1 is 0.440 bits per heavy atom. The summed E-state index contributed by atoms with van der Waals surface area (Å²) in [5.41, 5.74) is 16.2. The van der Waals surface area contributed by atoms with Gasteiger partial charge in [0.1, 0.15) is 78.0 Å². The number of hydrogen-bond donors (Lipinski definition) is 15. The highest BCUT2D eigenvalue weighted by atomic mass is 32.2. The van der Waals surface area contributed by atoms with Crippen LogP contribution in [0.15, 0.2) is 194 Å². The molecule has 2 heterocycles. The van der Waals surface area contributed by atoms with Crippen LogP contribution >= 0.6 is 11.8 Å². The molecule has 134 heavy (non-hydrogen) atoms. The van der Waals surface area contributed by atoms with Crippen LogP contribution in [0.3, 0.4) is 0 Å². The number of rotatable bonds is 24. The van der Waals surface area contributed by atoms with Gasteiger partial charge in [-0.05, 0) is 87.2 Å². The molecule has 8 aromatic rings. The number of nitrogens with zero attached hydrogens (tertiary/aromatic N) is 5. The zero-order chi connectivity index (χ0) is 97.4. The fourth-order valence-corrected chi connectivity index (χ4v) is 16.4. The molecular formula is C97H119N17O19S. The van der Waals surface area contributed by atoms with Crippen LogP contribution in [0.1, 0.15) is 91.0 Å². The van der Waals surface area contributed by atoms with Gasteiger partial charge in [0.05, 0.1) is 31.8 Å². The molecule has 9 rings (SSSR count). The van der Waals surface area contributed by atoms with E-state index in [4.69, 9.17) is 11.5 Å². The van der Waals surface area contributed by atoms with Crippen molar-refractivity contribution in [1.82, 2.24) is 77.3 Å². The summed E-state index contributed by atoms with van der Waals surface area (Å²) in [7, 11) is 6.52. The third-order valence-corrected chi connectivity index (χ3v) is 24.1. The van der Waals surface area contributed by atoms with Crippen molar-refractivity contribution in [2.75, 3.05) is 66.4 Å². The van der Waals surface area contributed by atoms with Crippen LogP contribution in [0.5, 0.6) is 11.5 Å². The Morgan fingerprint density at radius 3 is 1.37 bits per heavy atom. The summed E-state index contributed by atoms with van der Waals surface area (Å²) in [5, 5.41) is 55.8. The molecule has 1 aliphatic rings. The average Bonchev–Trinajstić information content (AvgIpc) is 1.27. The number of aromatic amines is 1. The van der Waals surface area contributed by atoms with E-state index in [2.05, 4.69) is 52.8 Å². The lowest BCUT2D eigenvalue weighted by Crippen LogP contribution is -2.61. The van der Waals surface area contributed by atoms with Crippen molar-refractivity contribution in [2.45, 2.75) is 164 Å². The second kappa shape index (κ2) is 50.2. The summed E-state index contributed by atoms with van der Waals surface area (Å²) in [5.74, 6) is -17.5. The van der Waals surface area contributed by atoms with Gasteiger partial charge in [0.25, 0.3) is 0 Å². The Labute approximate surface area is 781 Å². The maximum Gasteiger partial charge on any atom is 0.305 e. The van der Waals surface area contributed by atoms with E-state index in [1.807, 2.05) is 6.92 Å². The number of aliphatic carboxylic acids is 1. The van der Waals surface area contributed by atoms with Crippen LogP contribution in [0.2, 0.25) is 0 Å². The molecule has 11 atom stereocenters. The Balaban J connectivity index is 1.13. The normalized spacial score (nSPS) is 21.5. The first kappa shape index (κ1) is 103. The van der Waals surface area contributed by atoms with E-state index in [9.17, 15) is 48.9 Å². The van der Waals surface area contributed by atoms with Gasteiger partial charge in [-0.2, -0.15) is 0 Å². The van der Waals surface area contributed by atoms with Crippen molar-refractivity contribution in [3.63, 3.8) is 0 Å². The molecule has 0 spiro atoms. The largest absolute Gasteiger partial charge is 0.508 e. The van der Waals surface area contributed by atoms with Gasteiger partial charge in [-0.1, -0.05) is 191 Å². The van der Waals surface area contributed by atoms with Gasteiger partial charge in [0, 0.05) is 110 Å². The molecule has 17 N–H and O–H groups in total. The summed E-state index contributed by atoms with van der Waals surface area (Å²) in [6.07, 6.45) is -0.248. The summed E-state index contributed by atoms with van der Waals surface area (Å²) in [6.45, 7) is 2.75. The van der Waals surface area contributed by atoms with Crippen LogP contribution in [0, 0.1) is 5.92 Å². The van der Waals surface area contributed by atoms with E-state index in [1.54, 1.807) is 160 Å². The number of carbonyl (C=O) groups is 16. The molecule has 1 unspecified atom stereocenters. The minimum atomic E-state index is -1.91. The molecule has 15 amide bonds. The Morgan fingerprint density at radius 2 is 0.858 bits per heavy atom. The number of unbranched alkanes of at least 4 members (excludes halogenated alkanes) is 1. The average molecular weight is 1860 g/mol. The molecule has 1 fully saturated rings. The lowest BCUT2D eigenvalue weighted by Gasteiger charge is -2.37. The second-order valence-electron chi connectivity index (χ2n) is 33.7. The summed E-state index contributed by atoms with van der Waals surface area (Å²) in [4.78, 5) is 245. The van der Waals surface area contributed by atoms with Crippen molar-refractivity contribution in [2.24, 2.45) is 17.4 Å². The van der Waals surface area contributed by atoms with Gasteiger partial charge in [0.2, 0.25) is 88.6 Å². The van der Waals surface area contributed by atoms with Crippen molar-refractivity contribution in [1.29, 1.82) is 0 Å². The predicted octanol–water partition coefficient (Wildman–Crippen LogP) is 1.98. The van der Waals surface area contributed by atoms with Crippen LogP contribution in [-0.4, -0.2) is 272 Å². The topological polar surface area (TPSA) is 526 Å². The number of carbonyl (C=O) groups excluding carboxylic acids is 15. The maximum absolute atomic E-state index is 15.6. The maximum atomic E-state index is 15.6. The van der Waals surface area contributed by atoms with Crippen LogP contribution in [0.4, 0.5) is 0 Å². The smallest absolute Gasteiger partial charge is 0.305 e. The Bertz CT molecular complexity index is 5430. The van der Waals surface area contributed by atoms with E-state index in [-0.39, 0.29) is 69.4 Å². The molecule has 0 radical (unpaired) electrons. The second-order valence-corrected chi connectivity index (χ2v) is 34.7. The SMILES string of the molecule is CCCC[C@H]1C(=O)N(C)CC(=O)N[C@@H](CC(=O)O)C(=O)N[C@@H](C(C)C)C(=O)N(C)C(Cc2ccccc2)C(=O)N[C@@H](Cc2ccc(O)cc2)C(=O)N(C)CC(=O)N[C@@H](Cc2c[nH]c3ccccc23)C(=O)N[C@@H](Cc2ccc(O)cc2)C(=O)N[C@@H](Cc2ccc(CN)cc2)C(=O)N[C@H](C(=O)NCC(N)=O)CSCC(=O)N[C@@H](Cc2ccccc2)C(=O)N(C)[C@@H](Cc2ccccc2)C(=O)N1C. The molecule has 1 aliphatic heterocycles. The number of hydrogen-bond acceptors (Lipinski definition) is 20. The number of primary amides is 1. The number of para-hydroxylation sites is 1. The first-order valence-electron chi connectivity index (χ1n) is 44.0. The minimum Gasteiger partial charge on any atom is -0.508 e. The summed E-state index contributed by atoms with van der Waals surface area (Å²) in [6, 6.07) is 33.4. The number of H-pyrrole nitrogens is 1. The van der Waals surface area contributed by atoms with Crippen LogP contribution in [0.25, 0.3) is 10.9 Å². The number of aromatic hydroxyl groups is 2. The zero-order valence-electron chi connectivity index (χ0n) is 76.1. The Hall–Kier alpha value is -14.5.